The van der Waals surface area contributed by atoms with Crippen LogP contribution >= 0.6 is 0 Å². The smallest absolute Gasteiger partial charge is 0.231 e. The van der Waals surface area contributed by atoms with E-state index in [1.807, 2.05) is 49.4 Å². The Morgan fingerprint density at radius 3 is 2.86 bits per heavy atom. The van der Waals surface area contributed by atoms with E-state index in [4.69, 9.17) is 19.9 Å². The van der Waals surface area contributed by atoms with E-state index in [9.17, 15) is 0 Å². The standard InChI is InChI=1S/C17H19NO3/c1-2-19-14-5-3-4-13(10-14)15(18)8-12-6-7-16-17(9-12)21-11-20-16/h3-7,9-10,15H,2,8,11,18H2,1H3. The molecule has 0 spiro atoms. The molecule has 4 nitrogen and oxygen atoms in total. The first-order valence-electron chi connectivity index (χ1n) is 7.13. The van der Waals surface area contributed by atoms with Gasteiger partial charge in [-0.05, 0) is 48.7 Å². The fraction of sp³-hybridized carbons (Fsp3) is 0.294. The van der Waals surface area contributed by atoms with Crippen molar-refractivity contribution in [2.75, 3.05) is 13.4 Å². The first-order valence-corrected chi connectivity index (χ1v) is 7.13. The predicted octanol–water partition coefficient (Wildman–Crippen LogP) is 3.06. The zero-order chi connectivity index (χ0) is 14.7. The van der Waals surface area contributed by atoms with Crippen LogP contribution in [0.25, 0.3) is 0 Å². The molecule has 2 aromatic carbocycles. The topological polar surface area (TPSA) is 53.7 Å². The maximum Gasteiger partial charge on any atom is 0.231 e. The lowest BCUT2D eigenvalue weighted by molar-refractivity contribution is 0.174. The second kappa shape index (κ2) is 6.06. The fourth-order valence-electron chi connectivity index (χ4n) is 2.44. The van der Waals surface area contributed by atoms with Crippen molar-refractivity contribution in [3.05, 3.63) is 53.6 Å². The van der Waals surface area contributed by atoms with Crippen LogP contribution in [0.3, 0.4) is 0 Å². The van der Waals surface area contributed by atoms with E-state index in [0.29, 0.717) is 13.4 Å². The summed E-state index contributed by atoms with van der Waals surface area (Å²) in [4.78, 5) is 0. The van der Waals surface area contributed by atoms with Crippen molar-refractivity contribution in [3.8, 4) is 17.2 Å². The summed E-state index contributed by atoms with van der Waals surface area (Å²) in [5.74, 6) is 2.45. The van der Waals surface area contributed by atoms with Gasteiger partial charge in [-0.25, -0.2) is 0 Å². The van der Waals surface area contributed by atoms with Gasteiger partial charge in [0.1, 0.15) is 5.75 Å². The molecule has 2 aromatic rings. The quantitative estimate of drug-likeness (QED) is 0.917. The van der Waals surface area contributed by atoms with Crippen molar-refractivity contribution in [3.63, 3.8) is 0 Å². The number of hydrogen-bond donors (Lipinski definition) is 1. The maximum atomic E-state index is 6.31. The molecule has 1 unspecified atom stereocenters. The number of benzene rings is 2. The number of fused-ring (bicyclic) bond motifs is 1. The molecule has 2 N–H and O–H groups in total. The van der Waals surface area contributed by atoms with Gasteiger partial charge in [0.2, 0.25) is 6.79 Å². The minimum Gasteiger partial charge on any atom is -0.494 e. The van der Waals surface area contributed by atoms with E-state index < -0.39 is 0 Å². The van der Waals surface area contributed by atoms with Crippen molar-refractivity contribution < 1.29 is 14.2 Å². The second-order valence-corrected chi connectivity index (χ2v) is 5.00. The molecule has 110 valence electrons. The fourth-order valence-corrected chi connectivity index (χ4v) is 2.44. The van der Waals surface area contributed by atoms with Crippen LogP contribution in [-0.4, -0.2) is 13.4 Å². The Morgan fingerprint density at radius 2 is 2.00 bits per heavy atom. The van der Waals surface area contributed by atoms with Crippen molar-refractivity contribution in [2.24, 2.45) is 5.73 Å². The molecular weight excluding hydrogens is 266 g/mol. The molecule has 0 saturated carbocycles. The van der Waals surface area contributed by atoms with Gasteiger partial charge in [0.05, 0.1) is 6.61 Å². The number of ether oxygens (including phenoxy) is 3. The monoisotopic (exact) mass is 285 g/mol. The summed E-state index contributed by atoms with van der Waals surface area (Å²) in [5, 5.41) is 0. The molecule has 1 heterocycles. The van der Waals surface area contributed by atoms with Crippen molar-refractivity contribution in [1.29, 1.82) is 0 Å². The van der Waals surface area contributed by atoms with Gasteiger partial charge in [-0.1, -0.05) is 18.2 Å². The Morgan fingerprint density at radius 1 is 1.14 bits per heavy atom. The Hall–Kier alpha value is -2.20. The molecule has 0 radical (unpaired) electrons. The Balaban J connectivity index is 1.73. The van der Waals surface area contributed by atoms with Crippen LogP contribution in [0.1, 0.15) is 24.1 Å². The molecule has 0 bridgehead atoms. The first kappa shape index (κ1) is 13.8. The zero-order valence-corrected chi connectivity index (χ0v) is 12.0. The minimum atomic E-state index is -0.0780. The number of rotatable bonds is 5. The van der Waals surface area contributed by atoms with Crippen LogP contribution in [0.5, 0.6) is 17.2 Å². The van der Waals surface area contributed by atoms with Crippen LogP contribution in [-0.2, 0) is 6.42 Å². The van der Waals surface area contributed by atoms with E-state index in [2.05, 4.69) is 0 Å². The van der Waals surface area contributed by atoms with E-state index in [0.717, 1.165) is 34.8 Å². The molecule has 0 fully saturated rings. The molecule has 21 heavy (non-hydrogen) atoms. The van der Waals surface area contributed by atoms with Crippen LogP contribution in [0, 0.1) is 0 Å². The highest BCUT2D eigenvalue weighted by molar-refractivity contribution is 5.45. The predicted molar refractivity (Wildman–Crippen MR) is 80.8 cm³/mol. The van der Waals surface area contributed by atoms with Gasteiger partial charge in [-0.15, -0.1) is 0 Å². The number of hydrogen-bond acceptors (Lipinski definition) is 4. The molecule has 4 heteroatoms. The lowest BCUT2D eigenvalue weighted by Crippen LogP contribution is -2.13. The lowest BCUT2D eigenvalue weighted by Gasteiger charge is -2.14. The molecule has 0 aliphatic carbocycles. The third-order valence-electron chi connectivity index (χ3n) is 3.49. The Bertz CT molecular complexity index is 627. The maximum absolute atomic E-state index is 6.31. The highest BCUT2D eigenvalue weighted by atomic mass is 16.7. The van der Waals surface area contributed by atoms with E-state index in [1.165, 1.54) is 0 Å². The Labute approximate surface area is 124 Å². The molecule has 1 aliphatic heterocycles. The molecule has 3 rings (SSSR count). The van der Waals surface area contributed by atoms with Gasteiger partial charge in [0, 0.05) is 6.04 Å². The largest absolute Gasteiger partial charge is 0.494 e. The third kappa shape index (κ3) is 3.11. The summed E-state index contributed by atoms with van der Waals surface area (Å²) in [6.45, 7) is 2.92. The average molecular weight is 285 g/mol. The summed E-state index contributed by atoms with van der Waals surface area (Å²) in [6.07, 6.45) is 0.742. The van der Waals surface area contributed by atoms with Crippen molar-refractivity contribution >= 4 is 0 Å². The van der Waals surface area contributed by atoms with E-state index in [-0.39, 0.29) is 6.04 Å². The van der Waals surface area contributed by atoms with E-state index in [1.54, 1.807) is 0 Å². The first-order chi connectivity index (χ1) is 10.3. The van der Waals surface area contributed by atoms with Gasteiger partial charge in [-0.3, -0.25) is 0 Å². The van der Waals surface area contributed by atoms with Crippen LogP contribution in [0.15, 0.2) is 42.5 Å². The zero-order valence-electron chi connectivity index (χ0n) is 12.0. The second-order valence-electron chi connectivity index (χ2n) is 5.00. The van der Waals surface area contributed by atoms with Gasteiger partial charge < -0.3 is 19.9 Å². The average Bonchev–Trinajstić information content (AvgIpc) is 2.95. The molecule has 0 aromatic heterocycles. The highest BCUT2D eigenvalue weighted by Gasteiger charge is 2.15. The SMILES string of the molecule is CCOc1cccc(C(N)Cc2ccc3c(c2)OCO3)c1. The summed E-state index contributed by atoms with van der Waals surface area (Å²) in [5.41, 5.74) is 8.51. The lowest BCUT2D eigenvalue weighted by atomic mass is 9.99. The van der Waals surface area contributed by atoms with Gasteiger partial charge in [-0.2, -0.15) is 0 Å². The highest BCUT2D eigenvalue weighted by Crippen LogP contribution is 2.33. The summed E-state index contributed by atoms with van der Waals surface area (Å²) < 4.78 is 16.2. The summed E-state index contributed by atoms with van der Waals surface area (Å²) >= 11 is 0. The van der Waals surface area contributed by atoms with E-state index >= 15 is 0 Å². The molecule has 0 saturated heterocycles. The van der Waals surface area contributed by atoms with Gasteiger partial charge in [0.25, 0.3) is 0 Å². The van der Waals surface area contributed by atoms with Crippen molar-refractivity contribution in [2.45, 2.75) is 19.4 Å². The summed E-state index contributed by atoms with van der Waals surface area (Å²) in [6, 6.07) is 13.8. The van der Waals surface area contributed by atoms with Crippen LogP contribution in [0.2, 0.25) is 0 Å². The molecule has 0 amide bonds. The molecule has 1 aliphatic rings. The van der Waals surface area contributed by atoms with Gasteiger partial charge in [0.15, 0.2) is 11.5 Å². The Kier molecular flexibility index (Phi) is 3.97. The van der Waals surface area contributed by atoms with Crippen molar-refractivity contribution in [1.82, 2.24) is 0 Å². The number of nitrogens with two attached hydrogens (primary N) is 1. The molecule has 1 atom stereocenters. The van der Waals surface area contributed by atoms with Crippen LogP contribution < -0.4 is 19.9 Å². The van der Waals surface area contributed by atoms with Crippen LogP contribution in [0.4, 0.5) is 0 Å². The molecular formula is C17H19NO3. The van der Waals surface area contributed by atoms with Gasteiger partial charge >= 0.3 is 0 Å². The normalized spacial score (nSPS) is 14.0. The minimum absolute atomic E-state index is 0.0780. The third-order valence-corrected chi connectivity index (χ3v) is 3.49. The summed E-state index contributed by atoms with van der Waals surface area (Å²) in [7, 11) is 0.